The number of rotatable bonds is 7. The van der Waals surface area contributed by atoms with Crippen molar-refractivity contribution in [2.24, 2.45) is 0 Å². The van der Waals surface area contributed by atoms with Crippen molar-refractivity contribution >= 4 is 11.6 Å². The lowest BCUT2D eigenvalue weighted by Crippen LogP contribution is -3.00. The molecule has 1 fully saturated rings. The summed E-state index contributed by atoms with van der Waals surface area (Å²) in [5.74, 6) is 0. The Morgan fingerprint density at radius 2 is 1.19 bits per heavy atom. The molecule has 4 heteroatoms. The fourth-order valence-electron chi connectivity index (χ4n) is 5.83. The Morgan fingerprint density at radius 3 is 1.70 bits per heavy atom. The van der Waals surface area contributed by atoms with Crippen LogP contribution in [0.1, 0.15) is 39.4 Å². The van der Waals surface area contributed by atoms with Gasteiger partial charge in [0.05, 0.1) is 19.1 Å². The van der Waals surface area contributed by atoms with Gasteiger partial charge in [0, 0.05) is 29.2 Å². The van der Waals surface area contributed by atoms with Gasteiger partial charge >= 0.3 is 0 Å². The Morgan fingerprint density at radius 1 is 0.676 bits per heavy atom. The molecule has 0 bridgehead atoms. The van der Waals surface area contributed by atoms with E-state index in [0.29, 0.717) is 0 Å². The molecule has 37 heavy (non-hydrogen) atoms. The molecule has 1 saturated heterocycles. The highest BCUT2D eigenvalue weighted by molar-refractivity contribution is 6.30. The second kappa shape index (κ2) is 12.3. The largest absolute Gasteiger partial charge is 1.00 e. The molecule has 1 aliphatic heterocycles. The second-order valence-corrected chi connectivity index (χ2v) is 10.9. The standard InChI is InChI=1S/C33H36ClN2.ClH/c1-26-8-6-10-28(22-26)24-36(25-29-11-7-9-27(2)23-29)20-18-35(19-21-36)33(30-12-4-3-5-13-30)31-14-16-32(34)17-15-31;/h3-17,22-23,33H,18-21,24-25H2,1-2H3;1H/q+1;/p-1. The molecule has 0 N–H and O–H groups in total. The van der Waals surface area contributed by atoms with Crippen molar-refractivity contribution in [3.8, 4) is 0 Å². The molecule has 0 radical (unpaired) electrons. The van der Waals surface area contributed by atoms with Crippen LogP contribution >= 0.6 is 11.6 Å². The average molecular weight is 532 g/mol. The smallest absolute Gasteiger partial charge is 0.105 e. The molecule has 0 amide bonds. The van der Waals surface area contributed by atoms with E-state index in [9.17, 15) is 0 Å². The van der Waals surface area contributed by atoms with Crippen molar-refractivity contribution in [1.82, 2.24) is 4.90 Å². The molecule has 0 aromatic heterocycles. The third-order valence-electron chi connectivity index (χ3n) is 7.59. The van der Waals surface area contributed by atoms with Gasteiger partial charge in [-0.15, -0.1) is 0 Å². The number of quaternary nitrogens is 1. The fourth-order valence-corrected chi connectivity index (χ4v) is 5.95. The summed E-state index contributed by atoms with van der Waals surface area (Å²) >= 11 is 6.25. The van der Waals surface area contributed by atoms with E-state index in [1.807, 2.05) is 12.1 Å². The molecule has 2 nitrogen and oxygen atoms in total. The molecule has 192 valence electrons. The Bertz CT molecular complexity index is 1230. The second-order valence-electron chi connectivity index (χ2n) is 10.5. The molecule has 4 aromatic rings. The van der Waals surface area contributed by atoms with Crippen molar-refractivity contribution < 1.29 is 16.9 Å². The Hall–Kier alpha value is -2.62. The highest BCUT2D eigenvalue weighted by Crippen LogP contribution is 2.33. The number of hydrogen-bond donors (Lipinski definition) is 0. The van der Waals surface area contributed by atoms with E-state index in [4.69, 9.17) is 11.6 Å². The van der Waals surface area contributed by atoms with E-state index in [2.05, 4.69) is 110 Å². The number of hydrogen-bond acceptors (Lipinski definition) is 1. The van der Waals surface area contributed by atoms with E-state index in [1.54, 1.807) is 0 Å². The SMILES string of the molecule is Cc1cccc(C[N+]2(Cc3cccc(C)c3)CCN(C(c3ccccc3)c3ccc(Cl)cc3)CC2)c1.[Cl-]. The number of benzene rings is 4. The van der Waals surface area contributed by atoms with Crippen molar-refractivity contribution in [1.29, 1.82) is 0 Å². The minimum Gasteiger partial charge on any atom is -1.00 e. The van der Waals surface area contributed by atoms with Gasteiger partial charge in [0.1, 0.15) is 13.1 Å². The highest BCUT2D eigenvalue weighted by Gasteiger charge is 2.36. The van der Waals surface area contributed by atoms with E-state index in [1.165, 1.54) is 33.4 Å². The molecular formula is C33H36Cl2N2. The van der Waals surface area contributed by atoms with Gasteiger partial charge in [0.25, 0.3) is 0 Å². The molecule has 0 spiro atoms. The fraction of sp³-hybridized carbons (Fsp3) is 0.273. The first kappa shape index (κ1) is 27.4. The molecule has 0 saturated carbocycles. The van der Waals surface area contributed by atoms with Crippen LogP contribution in [0.4, 0.5) is 0 Å². The van der Waals surface area contributed by atoms with Gasteiger partial charge in [-0.3, -0.25) is 4.90 Å². The monoisotopic (exact) mass is 530 g/mol. The van der Waals surface area contributed by atoms with E-state index in [0.717, 1.165) is 48.8 Å². The molecule has 5 rings (SSSR count). The maximum absolute atomic E-state index is 6.25. The minimum atomic E-state index is 0. The lowest BCUT2D eigenvalue weighted by atomic mass is 9.95. The summed E-state index contributed by atoms with van der Waals surface area (Å²) in [4.78, 5) is 2.67. The lowest BCUT2D eigenvalue weighted by molar-refractivity contribution is -0.957. The quantitative estimate of drug-likeness (QED) is 0.316. The Balaban J connectivity index is 0.00000320. The highest BCUT2D eigenvalue weighted by atomic mass is 35.5. The molecule has 4 aromatic carbocycles. The predicted molar refractivity (Wildman–Crippen MR) is 151 cm³/mol. The first-order valence-electron chi connectivity index (χ1n) is 13.0. The minimum absolute atomic E-state index is 0. The van der Waals surface area contributed by atoms with Crippen molar-refractivity contribution in [2.45, 2.75) is 33.0 Å². The van der Waals surface area contributed by atoms with Crippen molar-refractivity contribution in [2.75, 3.05) is 26.2 Å². The summed E-state index contributed by atoms with van der Waals surface area (Å²) in [5.41, 5.74) is 8.21. The Labute approximate surface area is 233 Å². The molecule has 1 unspecified atom stereocenters. The van der Waals surface area contributed by atoms with Gasteiger partial charge in [-0.1, -0.05) is 114 Å². The van der Waals surface area contributed by atoms with Crippen LogP contribution in [0.15, 0.2) is 103 Å². The van der Waals surface area contributed by atoms with Gasteiger partial charge in [-0.2, -0.15) is 0 Å². The van der Waals surface area contributed by atoms with E-state index in [-0.39, 0.29) is 18.4 Å². The molecule has 1 atom stereocenters. The summed E-state index contributed by atoms with van der Waals surface area (Å²) in [6.07, 6.45) is 0. The van der Waals surface area contributed by atoms with Gasteiger partial charge in [-0.25, -0.2) is 0 Å². The maximum atomic E-state index is 6.25. The number of nitrogens with zero attached hydrogens (tertiary/aromatic N) is 2. The molecule has 0 aliphatic carbocycles. The van der Waals surface area contributed by atoms with Gasteiger partial charge in [0.15, 0.2) is 0 Å². The number of piperazine rings is 1. The van der Waals surface area contributed by atoms with Crippen LogP contribution in [0.3, 0.4) is 0 Å². The average Bonchev–Trinajstić information content (AvgIpc) is 2.87. The van der Waals surface area contributed by atoms with Crippen LogP contribution in [-0.4, -0.2) is 35.6 Å². The maximum Gasteiger partial charge on any atom is 0.105 e. The lowest BCUT2D eigenvalue weighted by Gasteiger charge is -2.47. The number of aryl methyl sites for hydroxylation is 2. The van der Waals surface area contributed by atoms with E-state index < -0.39 is 0 Å². The summed E-state index contributed by atoms with van der Waals surface area (Å²) < 4.78 is 1.09. The first-order chi connectivity index (χ1) is 17.5. The van der Waals surface area contributed by atoms with Crippen LogP contribution in [0.25, 0.3) is 0 Å². The zero-order valence-corrected chi connectivity index (χ0v) is 23.3. The van der Waals surface area contributed by atoms with E-state index >= 15 is 0 Å². The zero-order chi connectivity index (χ0) is 25.0. The van der Waals surface area contributed by atoms with Crippen molar-refractivity contribution in [3.05, 3.63) is 142 Å². The van der Waals surface area contributed by atoms with Crippen LogP contribution in [0.5, 0.6) is 0 Å². The van der Waals surface area contributed by atoms with Crippen molar-refractivity contribution in [3.63, 3.8) is 0 Å². The topological polar surface area (TPSA) is 3.24 Å². The molecule has 1 aliphatic rings. The molecule has 1 heterocycles. The third kappa shape index (κ3) is 6.83. The van der Waals surface area contributed by atoms with Crippen LogP contribution in [0.2, 0.25) is 5.02 Å². The van der Waals surface area contributed by atoms with Gasteiger partial charge in [-0.05, 0) is 37.1 Å². The summed E-state index contributed by atoms with van der Waals surface area (Å²) in [6.45, 7) is 10.9. The zero-order valence-electron chi connectivity index (χ0n) is 21.8. The normalized spacial score (nSPS) is 16.1. The van der Waals surface area contributed by atoms with Crippen LogP contribution in [-0.2, 0) is 13.1 Å². The third-order valence-corrected chi connectivity index (χ3v) is 7.84. The van der Waals surface area contributed by atoms with Crippen LogP contribution < -0.4 is 12.4 Å². The van der Waals surface area contributed by atoms with Crippen LogP contribution in [0, 0.1) is 13.8 Å². The summed E-state index contributed by atoms with van der Waals surface area (Å²) in [6, 6.07) is 37.7. The van der Waals surface area contributed by atoms with Gasteiger partial charge in [0.2, 0.25) is 0 Å². The molecular weight excluding hydrogens is 495 g/mol. The Kier molecular flexibility index (Phi) is 9.10. The predicted octanol–water partition coefficient (Wildman–Crippen LogP) is 4.58. The first-order valence-corrected chi connectivity index (χ1v) is 13.4. The number of halogens is 2. The summed E-state index contributed by atoms with van der Waals surface area (Å²) in [7, 11) is 0. The summed E-state index contributed by atoms with van der Waals surface area (Å²) in [5, 5.41) is 0.788. The van der Waals surface area contributed by atoms with Gasteiger partial charge < -0.3 is 16.9 Å².